The first-order chi connectivity index (χ1) is 13.9. The van der Waals surface area contributed by atoms with E-state index >= 15 is 0 Å². The minimum Gasteiger partial charge on any atom is -0.497 e. The number of esters is 1. The van der Waals surface area contributed by atoms with Gasteiger partial charge < -0.3 is 14.8 Å². The molecule has 2 aromatic carbocycles. The van der Waals surface area contributed by atoms with E-state index in [1.165, 1.54) is 0 Å². The third kappa shape index (κ3) is 2.93. The van der Waals surface area contributed by atoms with Gasteiger partial charge >= 0.3 is 5.97 Å². The maximum Gasteiger partial charge on any atom is 0.336 e. The second-order valence-electron chi connectivity index (χ2n) is 6.83. The van der Waals surface area contributed by atoms with E-state index in [9.17, 15) is 13.2 Å². The Balaban J connectivity index is 1.96. The molecule has 7 heteroatoms. The van der Waals surface area contributed by atoms with E-state index in [-0.39, 0.29) is 16.4 Å². The summed E-state index contributed by atoms with van der Waals surface area (Å²) in [7, 11) is -2.22. The molecule has 0 radical (unpaired) electrons. The van der Waals surface area contributed by atoms with Gasteiger partial charge in [0.2, 0.25) is 9.84 Å². The van der Waals surface area contributed by atoms with Crippen LogP contribution >= 0.6 is 0 Å². The minimum atomic E-state index is -3.78. The van der Waals surface area contributed by atoms with Gasteiger partial charge in [-0.1, -0.05) is 30.3 Å². The molecular weight excluding hydrogens is 390 g/mol. The smallest absolute Gasteiger partial charge is 0.336 e. The monoisotopic (exact) mass is 411 g/mol. The van der Waals surface area contributed by atoms with Crippen molar-refractivity contribution in [2.45, 2.75) is 24.7 Å². The van der Waals surface area contributed by atoms with Gasteiger partial charge in [0.1, 0.15) is 5.75 Å². The highest BCUT2D eigenvalue weighted by atomic mass is 32.2. The zero-order valence-corrected chi connectivity index (χ0v) is 17.2. The molecule has 0 aromatic heterocycles. The first kappa shape index (κ1) is 19.3. The van der Waals surface area contributed by atoms with Crippen molar-refractivity contribution < 1.29 is 22.7 Å². The number of hydrogen-bond acceptors (Lipinski definition) is 6. The van der Waals surface area contributed by atoms with Gasteiger partial charge in [-0.05, 0) is 37.6 Å². The van der Waals surface area contributed by atoms with Crippen LogP contribution in [0.2, 0.25) is 0 Å². The second-order valence-corrected chi connectivity index (χ2v) is 8.72. The van der Waals surface area contributed by atoms with E-state index < -0.39 is 21.7 Å². The molecular formula is C22H21NO5S. The molecule has 0 aliphatic carbocycles. The number of carbonyl (C=O) groups excluding carboxylic acids is 1. The Bertz CT molecular complexity index is 1160. The summed E-state index contributed by atoms with van der Waals surface area (Å²) in [6, 6.07) is 13.9. The topological polar surface area (TPSA) is 81.7 Å². The molecule has 0 bridgehead atoms. The lowest BCUT2D eigenvalue weighted by Crippen LogP contribution is -2.29. The number of fused-ring (bicyclic) bond motifs is 2. The average Bonchev–Trinajstić information content (AvgIpc) is 2.94. The van der Waals surface area contributed by atoms with Gasteiger partial charge in [-0.15, -0.1) is 0 Å². The Labute approximate surface area is 169 Å². The maximum atomic E-state index is 13.5. The molecule has 0 fully saturated rings. The molecule has 0 saturated heterocycles. The van der Waals surface area contributed by atoms with E-state index in [1.807, 2.05) is 0 Å². The van der Waals surface area contributed by atoms with Crippen LogP contribution in [0.5, 0.6) is 5.75 Å². The largest absolute Gasteiger partial charge is 0.497 e. The van der Waals surface area contributed by atoms with Crippen molar-refractivity contribution in [2.24, 2.45) is 0 Å². The van der Waals surface area contributed by atoms with Crippen LogP contribution in [-0.4, -0.2) is 28.1 Å². The van der Waals surface area contributed by atoms with Crippen LogP contribution in [0.1, 0.15) is 30.9 Å². The lowest BCUT2D eigenvalue weighted by molar-refractivity contribution is -0.138. The first-order valence-electron chi connectivity index (χ1n) is 9.27. The predicted molar refractivity (Wildman–Crippen MR) is 109 cm³/mol. The fraction of sp³-hybridized carbons (Fsp3) is 0.227. The van der Waals surface area contributed by atoms with E-state index in [4.69, 9.17) is 9.47 Å². The van der Waals surface area contributed by atoms with E-state index in [2.05, 4.69) is 5.32 Å². The molecule has 2 aliphatic rings. The third-order valence-electron chi connectivity index (χ3n) is 5.19. The molecule has 2 heterocycles. The summed E-state index contributed by atoms with van der Waals surface area (Å²) >= 11 is 0. The number of rotatable bonds is 4. The Hall–Kier alpha value is -3.06. The fourth-order valence-electron chi connectivity index (χ4n) is 3.92. The number of ether oxygens (including phenoxy) is 2. The van der Waals surface area contributed by atoms with Crippen molar-refractivity contribution in [3.05, 3.63) is 75.8 Å². The number of carbonyl (C=O) groups is 1. The molecule has 2 aromatic rings. The van der Waals surface area contributed by atoms with Crippen LogP contribution in [-0.2, 0) is 19.4 Å². The average molecular weight is 411 g/mol. The van der Waals surface area contributed by atoms with Crippen molar-refractivity contribution in [3.63, 3.8) is 0 Å². The molecule has 0 amide bonds. The van der Waals surface area contributed by atoms with E-state index in [1.54, 1.807) is 69.5 Å². The first-order valence-corrected chi connectivity index (χ1v) is 10.8. The highest BCUT2D eigenvalue weighted by Crippen LogP contribution is 2.50. The number of dihydropyridines is 1. The van der Waals surface area contributed by atoms with Crippen LogP contribution in [0.15, 0.2) is 69.6 Å². The third-order valence-corrected chi connectivity index (χ3v) is 7.15. The van der Waals surface area contributed by atoms with Crippen molar-refractivity contribution in [1.29, 1.82) is 0 Å². The van der Waals surface area contributed by atoms with Crippen LogP contribution in [0, 0.1) is 0 Å². The number of hydrogen-bond donors (Lipinski definition) is 1. The molecule has 4 rings (SSSR count). The Kier molecular flexibility index (Phi) is 4.70. The molecule has 1 unspecified atom stereocenters. The van der Waals surface area contributed by atoms with Crippen LogP contribution in [0.4, 0.5) is 0 Å². The van der Waals surface area contributed by atoms with Crippen LogP contribution < -0.4 is 10.1 Å². The standard InChI is InChI=1S/C22H21NO5S/c1-4-28-22(24)18-13(2)23-20-16-7-5-6-8-17(16)29(25,26)21(20)19(18)14-9-11-15(27-3)12-10-14/h5-12,19,23H,4H2,1-3H3. The van der Waals surface area contributed by atoms with E-state index in [0.717, 1.165) is 0 Å². The Morgan fingerprint density at radius 2 is 1.79 bits per heavy atom. The molecule has 2 aliphatic heterocycles. The van der Waals surface area contributed by atoms with Gasteiger partial charge in [-0.2, -0.15) is 0 Å². The van der Waals surface area contributed by atoms with Crippen molar-refractivity contribution in [2.75, 3.05) is 13.7 Å². The zero-order valence-electron chi connectivity index (χ0n) is 16.4. The second kappa shape index (κ2) is 7.08. The molecule has 29 heavy (non-hydrogen) atoms. The van der Waals surface area contributed by atoms with Gasteiger partial charge in [-0.25, -0.2) is 13.2 Å². The summed E-state index contributed by atoms with van der Waals surface area (Å²) in [5.74, 6) is -0.655. The normalized spacial score (nSPS) is 19.3. The summed E-state index contributed by atoms with van der Waals surface area (Å²) in [6.07, 6.45) is 0. The van der Waals surface area contributed by atoms with Crippen LogP contribution in [0.3, 0.4) is 0 Å². The number of allylic oxidation sites excluding steroid dienone is 2. The van der Waals surface area contributed by atoms with Gasteiger partial charge in [0, 0.05) is 11.3 Å². The van der Waals surface area contributed by atoms with Crippen LogP contribution in [0.25, 0.3) is 5.70 Å². The fourth-order valence-corrected chi connectivity index (χ4v) is 5.87. The highest BCUT2D eigenvalue weighted by Gasteiger charge is 2.46. The number of nitrogens with one attached hydrogen (secondary N) is 1. The summed E-state index contributed by atoms with van der Waals surface area (Å²) in [6.45, 7) is 3.68. The van der Waals surface area contributed by atoms with Gasteiger partial charge in [0.05, 0.1) is 40.7 Å². The molecule has 150 valence electrons. The molecule has 0 spiro atoms. The quantitative estimate of drug-likeness (QED) is 0.777. The van der Waals surface area contributed by atoms with E-state index in [0.29, 0.717) is 33.8 Å². The lowest BCUT2D eigenvalue weighted by atomic mass is 9.85. The highest BCUT2D eigenvalue weighted by molar-refractivity contribution is 7.96. The molecule has 1 N–H and O–H groups in total. The summed E-state index contributed by atoms with van der Waals surface area (Å²) in [5, 5.41) is 3.16. The lowest BCUT2D eigenvalue weighted by Gasteiger charge is -2.29. The van der Waals surface area contributed by atoms with Crippen molar-refractivity contribution >= 4 is 21.5 Å². The minimum absolute atomic E-state index is 0.178. The Morgan fingerprint density at radius 3 is 2.45 bits per heavy atom. The number of sulfone groups is 1. The van der Waals surface area contributed by atoms with Gasteiger partial charge in [0.25, 0.3) is 0 Å². The molecule has 6 nitrogen and oxygen atoms in total. The summed E-state index contributed by atoms with van der Waals surface area (Å²) in [4.78, 5) is 13.2. The number of benzene rings is 2. The zero-order chi connectivity index (χ0) is 20.8. The van der Waals surface area contributed by atoms with Gasteiger partial charge in [-0.3, -0.25) is 0 Å². The predicted octanol–water partition coefficient (Wildman–Crippen LogP) is 3.38. The molecule has 0 saturated carbocycles. The van der Waals surface area contributed by atoms with Gasteiger partial charge in [0.15, 0.2) is 0 Å². The SMILES string of the molecule is CCOC(=O)C1=C(C)NC2=C(C1c1ccc(OC)cc1)S(=O)(=O)c1ccccc12. The van der Waals surface area contributed by atoms with Crippen molar-refractivity contribution in [3.8, 4) is 5.75 Å². The van der Waals surface area contributed by atoms with Crippen molar-refractivity contribution in [1.82, 2.24) is 5.32 Å². The number of methoxy groups -OCH3 is 1. The summed E-state index contributed by atoms with van der Waals surface area (Å²) < 4.78 is 37.4. The maximum absolute atomic E-state index is 13.5. The Morgan fingerprint density at radius 1 is 1.10 bits per heavy atom. The summed E-state index contributed by atoms with van der Waals surface area (Å²) in [5.41, 5.74) is 2.69. The molecule has 1 atom stereocenters.